The first-order chi connectivity index (χ1) is 14.2. The van der Waals surface area contributed by atoms with E-state index in [-0.39, 0.29) is 18.3 Å². The minimum atomic E-state index is -0.243. The van der Waals surface area contributed by atoms with Crippen LogP contribution in [0.5, 0.6) is 0 Å². The molecule has 6 nitrogen and oxygen atoms in total. The molecule has 1 amide bonds. The number of hydrogen-bond donors (Lipinski definition) is 3. The van der Waals surface area contributed by atoms with Crippen LogP contribution in [0.3, 0.4) is 0 Å². The predicted octanol–water partition coefficient (Wildman–Crippen LogP) is 4.71. The third-order valence-electron chi connectivity index (χ3n) is 5.04. The van der Waals surface area contributed by atoms with E-state index in [2.05, 4.69) is 33.0 Å². The van der Waals surface area contributed by atoms with Crippen molar-refractivity contribution in [2.75, 3.05) is 17.6 Å². The molecule has 0 radical (unpaired) electrons. The zero-order valence-electron chi connectivity index (χ0n) is 16.0. The van der Waals surface area contributed by atoms with Gasteiger partial charge in [-0.25, -0.2) is 0 Å². The summed E-state index contributed by atoms with van der Waals surface area (Å²) in [6.07, 6.45) is 2.16. The van der Waals surface area contributed by atoms with Gasteiger partial charge in [0.1, 0.15) is 9.88 Å². The van der Waals surface area contributed by atoms with Gasteiger partial charge in [0.25, 0.3) is 5.91 Å². The molecule has 0 saturated carbocycles. The molecule has 3 heterocycles. The van der Waals surface area contributed by atoms with Gasteiger partial charge >= 0.3 is 0 Å². The first-order valence-corrected chi connectivity index (χ1v) is 11.1. The number of amides is 1. The number of aromatic nitrogens is 2. The van der Waals surface area contributed by atoms with Gasteiger partial charge in [-0.15, -0.1) is 33.9 Å². The van der Waals surface area contributed by atoms with E-state index in [0.29, 0.717) is 15.7 Å². The Kier molecular flexibility index (Phi) is 6.01. The molecule has 1 aliphatic rings. The van der Waals surface area contributed by atoms with Gasteiger partial charge in [-0.05, 0) is 42.6 Å². The lowest BCUT2D eigenvalue weighted by molar-refractivity contribution is 0.103. The van der Waals surface area contributed by atoms with Crippen LogP contribution in [-0.2, 0) is 13.0 Å². The Morgan fingerprint density at radius 1 is 1.10 bits per heavy atom. The van der Waals surface area contributed by atoms with Crippen molar-refractivity contribution in [3.05, 3.63) is 58.5 Å². The highest BCUT2D eigenvalue weighted by molar-refractivity contribution is 7.22. The third-order valence-corrected chi connectivity index (χ3v) is 7.09. The zero-order valence-corrected chi connectivity index (χ0v) is 18.4. The van der Waals surface area contributed by atoms with E-state index in [0.717, 1.165) is 46.6 Å². The van der Waals surface area contributed by atoms with Gasteiger partial charge in [-0.3, -0.25) is 10.1 Å². The fourth-order valence-corrected chi connectivity index (χ4v) is 5.37. The Bertz CT molecular complexity index is 1210. The maximum atomic E-state index is 12.9. The highest BCUT2D eigenvalue weighted by Crippen LogP contribution is 2.37. The molecular formula is C21H20ClN5OS2. The normalized spacial score (nSPS) is 13.3. The number of halogens is 1. The standard InChI is InChI=1S/C21H19N5OS2.ClH/c22-17-15-9-14-11-23-8-4-7-13(14)10-16(15)28-18(17)19(27)24-21-26-25-20(29-21)12-5-2-1-3-6-12;/h1-3,5-6,9-10,23H,4,7-8,11,22H2,(H,24,26,27);1H. The summed E-state index contributed by atoms with van der Waals surface area (Å²) in [4.78, 5) is 13.4. The number of carbonyl (C=O) groups excluding carboxylic acids is 1. The van der Waals surface area contributed by atoms with Crippen molar-refractivity contribution < 1.29 is 4.79 Å². The largest absolute Gasteiger partial charge is 0.397 e. The molecule has 2 aromatic heterocycles. The van der Waals surface area contributed by atoms with Crippen molar-refractivity contribution in [1.82, 2.24) is 15.5 Å². The lowest BCUT2D eigenvalue weighted by Gasteiger charge is -2.06. The Morgan fingerprint density at radius 2 is 1.93 bits per heavy atom. The Morgan fingerprint density at radius 3 is 2.77 bits per heavy atom. The van der Waals surface area contributed by atoms with E-state index in [1.54, 1.807) is 0 Å². The fraction of sp³-hybridized carbons (Fsp3) is 0.190. The second-order valence-corrected chi connectivity index (χ2v) is 9.00. The number of carbonyl (C=O) groups is 1. The number of hydrogen-bond acceptors (Lipinski definition) is 7. The molecule has 30 heavy (non-hydrogen) atoms. The van der Waals surface area contributed by atoms with Gasteiger partial charge in [-0.2, -0.15) is 0 Å². The summed E-state index contributed by atoms with van der Waals surface area (Å²) in [5.74, 6) is -0.243. The number of benzene rings is 2. The van der Waals surface area contributed by atoms with E-state index < -0.39 is 0 Å². The van der Waals surface area contributed by atoms with Gasteiger partial charge in [0, 0.05) is 22.2 Å². The van der Waals surface area contributed by atoms with E-state index >= 15 is 0 Å². The number of aryl methyl sites for hydroxylation is 1. The van der Waals surface area contributed by atoms with E-state index in [1.165, 1.54) is 33.8 Å². The summed E-state index contributed by atoms with van der Waals surface area (Å²) in [5, 5.41) is 16.8. The zero-order chi connectivity index (χ0) is 19.8. The maximum Gasteiger partial charge on any atom is 0.269 e. The number of rotatable bonds is 3. The van der Waals surface area contributed by atoms with E-state index in [4.69, 9.17) is 5.73 Å². The molecule has 154 valence electrons. The van der Waals surface area contributed by atoms with Crippen LogP contribution in [0.25, 0.3) is 20.7 Å². The Hall–Kier alpha value is -2.52. The van der Waals surface area contributed by atoms with Crippen LogP contribution in [0.15, 0.2) is 42.5 Å². The molecule has 0 unspecified atom stereocenters. The topological polar surface area (TPSA) is 92.9 Å². The van der Waals surface area contributed by atoms with Crippen LogP contribution in [0.2, 0.25) is 0 Å². The van der Waals surface area contributed by atoms with Crippen molar-refractivity contribution in [3.8, 4) is 10.6 Å². The highest BCUT2D eigenvalue weighted by atomic mass is 35.5. The second kappa shape index (κ2) is 8.69. The van der Waals surface area contributed by atoms with Gasteiger partial charge in [0.05, 0.1) is 5.69 Å². The van der Waals surface area contributed by atoms with Crippen LogP contribution in [0.1, 0.15) is 27.2 Å². The van der Waals surface area contributed by atoms with E-state index in [9.17, 15) is 4.79 Å². The smallest absolute Gasteiger partial charge is 0.269 e. The fourth-order valence-electron chi connectivity index (χ4n) is 3.57. The number of thiophene rings is 1. The molecule has 0 atom stereocenters. The lowest BCUT2D eigenvalue weighted by Crippen LogP contribution is -2.12. The maximum absolute atomic E-state index is 12.9. The van der Waals surface area contributed by atoms with Crippen molar-refractivity contribution in [2.45, 2.75) is 19.4 Å². The molecule has 4 N–H and O–H groups in total. The summed E-state index contributed by atoms with van der Waals surface area (Å²) < 4.78 is 1.05. The summed E-state index contributed by atoms with van der Waals surface area (Å²) in [6.45, 7) is 1.87. The number of nitrogens with two attached hydrogens (primary N) is 1. The molecule has 2 aromatic carbocycles. The average Bonchev–Trinajstić information content (AvgIpc) is 3.24. The van der Waals surface area contributed by atoms with Gasteiger partial charge in [0.15, 0.2) is 0 Å². The molecule has 9 heteroatoms. The Balaban J connectivity index is 0.00000218. The molecule has 0 fully saturated rings. The van der Waals surface area contributed by atoms with Gasteiger partial charge in [0.2, 0.25) is 5.13 Å². The second-order valence-electron chi connectivity index (χ2n) is 6.97. The van der Waals surface area contributed by atoms with Crippen LogP contribution in [0.4, 0.5) is 10.8 Å². The van der Waals surface area contributed by atoms with Crippen LogP contribution in [0, 0.1) is 0 Å². The van der Waals surface area contributed by atoms with Crippen molar-refractivity contribution in [1.29, 1.82) is 0 Å². The van der Waals surface area contributed by atoms with Crippen molar-refractivity contribution >= 4 is 61.9 Å². The first kappa shape index (κ1) is 20.7. The predicted molar refractivity (Wildman–Crippen MR) is 127 cm³/mol. The molecular weight excluding hydrogens is 438 g/mol. The van der Waals surface area contributed by atoms with Crippen LogP contribution >= 0.6 is 35.1 Å². The monoisotopic (exact) mass is 457 g/mol. The van der Waals surface area contributed by atoms with E-state index in [1.807, 2.05) is 30.3 Å². The number of nitrogens with one attached hydrogen (secondary N) is 2. The quantitative estimate of drug-likeness (QED) is 0.414. The molecule has 4 aromatic rings. The summed E-state index contributed by atoms with van der Waals surface area (Å²) in [7, 11) is 0. The highest BCUT2D eigenvalue weighted by Gasteiger charge is 2.20. The molecule has 0 bridgehead atoms. The summed E-state index contributed by atoms with van der Waals surface area (Å²) in [6, 6.07) is 14.1. The number of nitrogen functional groups attached to an aromatic ring is 1. The number of nitrogens with zero attached hydrogens (tertiary/aromatic N) is 2. The molecule has 0 aliphatic carbocycles. The van der Waals surface area contributed by atoms with Crippen molar-refractivity contribution in [3.63, 3.8) is 0 Å². The van der Waals surface area contributed by atoms with Crippen molar-refractivity contribution in [2.24, 2.45) is 0 Å². The summed E-state index contributed by atoms with van der Waals surface area (Å²) in [5.41, 5.74) is 10.5. The van der Waals surface area contributed by atoms with Crippen LogP contribution < -0.4 is 16.4 Å². The minimum absolute atomic E-state index is 0. The molecule has 0 saturated heterocycles. The number of fused-ring (bicyclic) bond motifs is 2. The van der Waals surface area contributed by atoms with Gasteiger partial charge < -0.3 is 11.1 Å². The molecule has 0 spiro atoms. The minimum Gasteiger partial charge on any atom is -0.397 e. The summed E-state index contributed by atoms with van der Waals surface area (Å²) >= 11 is 2.78. The molecule has 5 rings (SSSR count). The first-order valence-electron chi connectivity index (χ1n) is 9.44. The molecule has 1 aliphatic heterocycles. The SMILES string of the molecule is Cl.Nc1c(C(=O)Nc2nnc(-c3ccccc3)s2)sc2cc3c(cc12)CNCCC3. The average molecular weight is 458 g/mol. The third kappa shape index (κ3) is 3.91. The number of anilines is 2. The van der Waals surface area contributed by atoms with Crippen LogP contribution in [-0.4, -0.2) is 22.6 Å². The Labute approximate surface area is 187 Å². The lowest BCUT2D eigenvalue weighted by atomic mass is 10.0. The van der Waals surface area contributed by atoms with Gasteiger partial charge in [-0.1, -0.05) is 41.7 Å².